The largest absolute Gasteiger partial charge is 0.330 e. The molecule has 0 amide bonds. The van der Waals surface area contributed by atoms with Crippen LogP contribution in [0.2, 0.25) is 10.0 Å². The minimum Gasteiger partial charge on any atom is -0.330 e. The highest BCUT2D eigenvalue weighted by Gasteiger charge is 2.09. The maximum Gasteiger partial charge on any atom is 0.182 e. The molecule has 0 bridgehead atoms. The summed E-state index contributed by atoms with van der Waals surface area (Å²) in [5.41, 5.74) is 2.74. The van der Waals surface area contributed by atoms with Gasteiger partial charge in [0, 0.05) is 10.2 Å². The van der Waals surface area contributed by atoms with E-state index in [2.05, 4.69) is 20.9 Å². The lowest BCUT2D eigenvalue weighted by Gasteiger charge is -2.05. The summed E-state index contributed by atoms with van der Waals surface area (Å²) in [7, 11) is 0. The molecule has 0 saturated carbocycles. The van der Waals surface area contributed by atoms with Crippen LogP contribution in [-0.4, -0.2) is 9.55 Å². The fourth-order valence-corrected chi connectivity index (χ4v) is 2.85. The number of hydrogen-bond acceptors (Lipinski definition) is 1. The van der Waals surface area contributed by atoms with E-state index in [4.69, 9.17) is 35.4 Å². The molecule has 3 aromatic rings. The van der Waals surface area contributed by atoms with Crippen molar-refractivity contribution in [1.29, 1.82) is 0 Å². The van der Waals surface area contributed by atoms with Gasteiger partial charge in [-0.3, -0.25) is 4.57 Å². The maximum absolute atomic E-state index is 6.08. The molecule has 0 aliphatic rings. The first-order chi connectivity index (χ1) is 9.06. The highest BCUT2D eigenvalue weighted by molar-refractivity contribution is 9.10. The van der Waals surface area contributed by atoms with Gasteiger partial charge in [-0.15, -0.1) is 0 Å². The van der Waals surface area contributed by atoms with E-state index in [1.807, 2.05) is 34.9 Å². The van der Waals surface area contributed by atoms with Crippen LogP contribution in [-0.2, 0) is 0 Å². The summed E-state index contributed by atoms with van der Waals surface area (Å²) in [5.74, 6) is 0. The Morgan fingerprint density at radius 3 is 2.37 bits per heavy atom. The fraction of sp³-hybridized carbons (Fsp3) is 0. The molecule has 1 N–H and O–H groups in total. The van der Waals surface area contributed by atoms with E-state index in [1.54, 1.807) is 6.07 Å². The highest BCUT2D eigenvalue weighted by Crippen LogP contribution is 2.29. The summed E-state index contributed by atoms with van der Waals surface area (Å²) in [4.78, 5) is 3.13. The number of hydrogen-bond donors (Lipinski definition) is 1. The van der Waals surface area contributed by atoms with E-state index in [0.29, 0.717) is 14.8 Å². The quantitative estimate of drug-likeness (QED) is 0.538. The van der Waals surface area contributed by atoms with Gasteiger partial charge in [0.1, 0.15) is 0 Å². The molecule has 0 saturated heterocycles. The molecular formula is C13H7BrCl2N2S. The van der Waals surface area contributed by atoms with Crippen LogP contribution in [0, 0.1) is 4.77 Å². The molecule has 19 heavy (non-hydrogen) atoms. The summed E-state index contributed by atoms with van der Waals surface area (Å²) in [6, 6.07) is 11.5. The van der Waals surface area contributed by atoms with Crippen LogP contribution in [0.1, 0.15) is 0 Å². The molecule has 96 valence electrons. The van der Waals surface area contributed by atoms with E-state index >= 15 is 0 Å². The Morgan fingerprint density at radius 2 is 1.68 bits per heavy atom. The number of aromatic amines is 1. The molecule has 0 fully saturated rings. The van der Waals surface area contributed by atoms with Gasteiger partial charge in [0.15, 0.2) is 4.77 Å². The van der Waals surface area contributed by atoms with E-state index in [1.165, 1.54) is 0 Å². The smallest absolute Gasteiger partial charge is 0.182 e. The van der Waals surface area contributed by atoms with Crippen LogP contribution in [0.3, 0.4) is 0 Å². The molecule has 0 atom stereocenters. The molecule has 0 aliphatic heterocycles. The molecule has 0 unspecified atom stereocenters. The van der Waals surface area contributed by atoms with Crippen molar-refractivity contribution in [3.8, 4) is 5.69 Å². The molecule has 0 spiro atoms. The average Bonchev–Trinajstić information content (AvgIpc) is 2.67. The Balaban J connectivity index is 2.34. The van der Waals surface area contributed by atoms with Crippen molar-refractivity contribution >= 4 is 62.4 Å². The van der Waals surface area contributed by atoms with E-state index in [9.17, 15) is 0 Å². The first-order valence-corrected chi connectivity index (χ1v) is 7.38. The fourth-order valence-electron chi connectivity index (χ4n) is 1.95. The van der Waals surface area contributed by atoms with Crippen molar-refractivity contribution in [2.45, 2.75) is 0 Å². The third-order valence-electron chi connectivity index (χ3n) is 2.81. The molecule has 3 rings (SSSR count). The zero-order valence-corrected chi connectivity index (χ0v) is 13.4. The minimum absolute atomic E-state index is 0.508. The second-order valence-corrected chi connectivity index (χ2v) is 6.14. The number of halogens is 3. The summed E-state index contributed by atoms with van der Waals surface area (Å²) in [5, 5.41) is 1.02. The molecule has 0 aliphatic carbocycles. The molecular weight excluding hydrogens is 367 g/mol. The topological polar surface area (TPSA) is 20.7 Å². The third-order valence-corrected chi connectivity index (χ3v) is 4.34. The Kier molecular flexibility index (Phi) is 3.43. The zero-order chi connectivity index (χ0) is 13.6. The van der Waals surface area contributed by atoms with Gasteiger partial charge in [0.2, 0.25) is 0 Å². The van der Waals surface area contributed by atoms with Gasteiger partial charge in [-0.2, -0.15) is 0 Å². The average molecular weight is 374 g/mol. The van der Waals surface area contributed by atoms with Gasteiger partial charge >= 0.3 is 0 Å². The van der Waals surface area contributed by atoms with E-state index < -0.39 is 0 Å². The Hall–Kier alpha value is -0.810. The number of imidazole rings is 1. The predicted octanol–water partition coefficient (Wildman–Crippen LogP) is 5.76. The summed E-state index contributed by atoms with van der Waals surface area (Å²) < 4.78 is 3.55. The number of aromatic nitrogens is 2. The van der Waals surface area contributed by atoms with Crippen LogP contribution >= 0.6 is 51.3 Å². The van der Waals surface area contributed by atoms with Crippen LogP contribution in [0.5, 0.6) is 0 Å². The van der Waals surface area contributed by atoms with Crippen molar-refractivity contribution < 1.29 is 0 Å². The second kappa shape index (κ2) is 4.94. The van der Waals surface area contributed by atoms with Crippen molar-refractivity contribution in [2.24, 2.45) is 0 Å². The lowest BCUT2D eigenvalue weighted by atomic mass is 10.3. The van der Waals surface area contributed by atoms with Crippen LogP contribution in [0.4, 0.5) is 0 Å². The molecule has 1 heterocycles. The Bertz CT molecular complexity index is 821. The van der Waals surface area contributed by atoms with Crippen molar-refractivity contribution in [1.82, 2.24) is 9.55 Å². The summed E-state index contributed by atoms with van der Waals surface area (Å²) >= 11 is 20.9. The van der Waals surface area contributed by atoms with Crippen LogP contribution in [0.25, 0.3) is 16.7 Å². The Labute approximate surface area is 133 Å². The third kappa shape index (κ3) is 2.34. The lowest BCUT2D eigenvalue weighted by molar-refractivity contribution is 1.06. The van der Waals surface area contributed by atoms with Crippen molar-refractivity contribution in [3.63, 3.8) is 0 Å². The van der Waals surface area contributed by atoms with E-state index in [-0.39, 0.29) is 0 Å². The van der Waals surface area contributed by atoms with E-state index in [0.717, 1.165) is 21.2 Å². The van der Waals surface area contributed by atoms with Crippen molar-refractivity contribution in [3.05, 3.63) is 55.7 Å². The molecule has 6 heteroatoms. The number of rotatable bonds is 1. The minimum atomic E-state index is 0.508. The number of nitrogens with one attached hydrogen (secondary N) is 1. The lowest BCUT2D eigenvalue weighted by Crippen LogP contribution is -1.93. The second-order valence-electron chi connectivity index (χ2n) is 4.03. The summed E-state index contributed by atoms with van der Waals surface area (Å²) in [6.45, 7) is 0. The van der Waals surface area contributed by atoms with Gasteiger partial charge in [-0.05, 0) is 48.6 Å². The molecule has 2 nitrogen and oxygen atoms in total. The number of H-pyrrole nitrogens is 1. The normalized spacial score (nSPS) is 11.1. The van der Waals surface area contributed by atoms with Gasteiger partial charge in [-0.25, -0.2) is 0 Å². The monoisotopic (exact) mass is 372 g/mol. The SMILES string of the molecule is S=c1[nH]c2cc(Cl)c(Cl)cc2n1-c1ccc(Br)cc1. The first-order valence-electron chi connectivity index (χ1n) is 5.42. The predicted molar refractivity (Wildman–Crippen MR) is 86.2 cm³/mol. The first kappa shape index (κ1) is 13.2. The number of benzene rings is 2. The maximum atomic E-state index is 6.08. The molecule has 0 radical (unpaired) electrons. The van der Waals surface area contributed by atoms with Gasteiger partial charge < -0.3 is 4.98 Å². The standard InChI is InChI=1S/C13H7BrCl2N2S/c14-7-1-3-8(4-2-7)18-12-6-10(16)9(15)5-11(12)17-13(18)19/h1-6H,(H,17,19). The highest BCUT2D eigenvalue weighted by atomic mass is 79.9. The number of fused-ring (bicyclic) bond motifs is 1. The van der Waals surface area contributed by atoms with Crippen LogP contribution in [0.15, 0.2) is 40.9 Å². The van der Waals surface area contributed by atoms with Crippen molar-refractivity contribution in [2.75, 3.05) is 0 Å². The van der Waals surface area contributed by atoms with Crippen LogP contribution < -0.4 is 0 Å². The van der Waals surface area contributed by atoms with Gasteiger partial charge in [0.05, 0.1) is 21.1 Å². The number of nitrogens with zero attached hydrogens (tertiary/aromatic N) is 1. The Morgan fingerprint density at radius 1 is 1.05 bits per heavy atom. The summed E-state index contributed by atoms with van der Waals surface area (Å²) in [6.07, 6.45) is 0. The van der Waals surface area contributed by atoms with Gasteiger partial charge in [-0.1, -0.05) is 39.1 Å². The molecule has 1 aromatic heterocycles. The zero-order valence-electron chi connectivity index (χ0n) is 9.45. The molecule has 2 aromatic carbocycles. The van der Waals surface area contributed by atoms with Gasteiger partial charge in [0.25, 0.3) is 0 Å².